The number of hydrogen-bond acceptors (Lipinski definition) is 3. The number of halogens is 1. The highest BCUT2D eigenvalue weighted by molar-refractivity contribution is 7.80. The summed E-state index contributed by atoms with van der Waals surface area (Å²) in [5.41, 5.74) is 7.80. The van der Waals surface area contributed by atoms with E-state index >= 15 is 0 Å². The van der Waals surface area contributed by atoms with Gasteiger partial charge < -0.3 is 15.5 Å². The third-order valence-corrected chi connectivity index (χ3v) is 4.15. The van der Waals surface area contributed by atoms with Gasteiger partial charge in [-0.1, -0.05) is 23.8 Å². The van der Waals surface area contributed by atoms with Crippen molar-refractivity contribution in [2.24, 2.45) is 5.73 Å². The normalized spacial score (nSPS) is 19.8. The zero-order valence-corrected chi connectivity index (χ0v) is 13.0. The fourth-order valence-corrected chi connectivity index (χ4v) is 2.91. The average Bonchev–Trinajstić information content (AvgIpc) is 2.38. The molecule has 19 heavy (non-hydrogen) atoms. The van der Waals surface area contributed by atoms with Crippen molar-refractivity contribution in [2.75, 3.05) is 32.1 Å². The van der Waals surface area contributed by atoms with Gasteiger partial charge in [-0.05, 0) is 45.1 Å². The highest BCUT2D eigenvalue weighted by Crippen LogP contribution is 2.27. The number of benzene rings is 1. The van der Waals surface area contributed by atoms with E-state index in [1.807, 2.05) is 18.2 Å². The fourth-order valence-electron chi connectivity index (χ4n) is 2.58. The van der Waals surface area contributed by atoms with Crippen LogP contribution in [0.25, 0.3) is 0 Å². The molecule has 1 fully saturated rings. The summed E-state index contributed by atoms with van der Waals surface area (Å²) in [6.45, 7) is 2.05. The summed E-state index contributed by atoms with van der Waals surface area (Å²) in [6, 6.07) is 6.36. The van der Waals surface area contributed by atoms with Crippen molar-refractivity contribution >= 4 is 34.5 Å². The summed E-state index contributed by atoms with van der Waals surface area (Å²) in [7, 11) is 4.26. The predicted octanol–water partition coefficient (Wildman–Crippen LogP) is 2.50. The standard InChI is InChI=1S/C14H20ClN3S/c1-17(2)11-4-3-7-18(9-11)13-6-5-10(15)8-12(13)14(16)19/h5-6,8,11H,3-4,7,9H2,1-2H3,(H2,16,19). The molecule has 2 N–H and O–H groups in total. The summed E-state index contributed by atoms with van der Waals surface area (Å²) in [5.74, 6) is 0. The molecule has 0 spiro atoms. The number of anilines is 1. The lowest BCUT2D eigenvalue weighted by molar-refractivity contribution is 0.258. The first-order chi connectivity index (χ1) is 8.99. The second-order valence-corrected chi connectivity index (χ2v) is 6.11. The van der Waals surface area contributed by atoms with Crippen LogP contribution in [0, 0.1) is 0 Å². The van der Waals surface area contributed by atoms with Crippen molar-refractivity contribution in [2.45, 2.75) is 18.9 Å². The van der Waals surface area contributed by atoms with Crippen molar-refractivity contribution in [3.8, 4) is 0 Å². The zero-order chi connectivity index (χ0) is 14.0. The Bertz CT molecular complexity index is 476. The molecule has 3 nitrogen and oxygen atoms in total. The Labute approximate surface area is 125 Å². The fraction of sp³-hybridized carbons (Fsp3) is 0.500. The molecular weight excluding hydrogens is 278 g/mol. The van der Waals surface area contributed by atoms with Gasteiger partial charge in [0.05, 0.1) is 0 Å². The van der Waals surface area contributed by atoms with Crippen LogP contribution in [0.4, 0.5) is 5.69 Å². The maximum atomic E-state index is 6.04. The van der Waals surface area contributed by atoms with Crippen LogP contribution in [0.2, 0.25) is 5.02 Å². The minimum Gasteiger partial charge on any atom is -0.389 e. The number of likely N-dealkylation sites (N-methyl/N-ethyl adjacent to an activating group) is 1. The van der Waals surface area contributed by atoms with Crippen molar-refractivity contribution in [3.05, 3.63) is 28.8 Å². The van der Waals surface area contributed by atoms with Gasteiger partial charge in [0, 0.05) is 35.4 Å². The van der Waals surface area contributed by atoms with Crippen LogP contribution < -0.4 is 10.6 Å². The molecule has 2 rings (SSSR count). The van der Waals surface area contributed by atoms with E-state index in [-0.39, 0.29) is 0 Å². The van der Waals surface area contributed by atoms with E-state index in [1.165, 1.54) is 12.8 Å². The monoisotopic (exact) mass is 297 g/mol. The van der Waals surface area contributed by atoms with E-state index < -0.39 is 0 Å². The molecule has 0 bridgehead atoms. The predicted molar refractivity (Wildman–Crippen MR) is 86.3 cm³/mol. The van der Waals surface area contributed by atoms with Gasteiger partial charge in [0.15, 0.2) is 0 Å². The first-order valence-electron chi connectivity index (χ1n) is 6.50. The quantitative estimate of drug-likeness (QED) is 0.869. The van der Waals surface area contributed by atoms with Crippen molar-refractivity contribution in [1.82, 2.24) is 4.90 Å². The van der Waals surface area contributed by atoms with Crippen LogP contribution in [0.1, 0.15) is 18.4 Å². The molecule has 1 aliphatic heterocycles. The third-order valence-electron chi connectivity index (χ3n) is 3.69. The molecule has 0 aromatic heterocycles. The molecule has 5 heteroatoms. The lowest BCUT2D eigenvalue weighted by Crippen LogP contribution is -2.45. The number of piperidine rings is 1. The molecule has 0 radical (unpaired) electrons. The van der Waals surface area contributed by atoms with Gasteiger partial charge in [0.25, 0.3) is 0 Å². The van der Waals surface area contributed by atoms with E-state index in [9.17, 15) is 0 Å². The first kappa shape index (κ1) is 14.6. The van der Waals surface area contributed by atoms with Gasteiger partial charge in [0.2, 0.25) is 0 Å². The summed E-state index contributed by atoms with van der Waals surface area (Å²) >= 11 is 11.2. The number of nitrogens with two attached hydrogens (primary N) is 1. The lowest BCUT2D eigenvalue weighted by Gasteiger charge is -2.38. The van der Waals surface area contributed by atoms with Gasteiger partial charge in [-0.15, -0.1) is 0 Å². The van der Waals surface area contributed by atoms with Gasteiger partial charge in [-0.3, -0.25) is 0 Å². The van der Waals surface area contributed by atoms with Gasteiger partial charge >= 0.3 is 0 Å². The molecule has 1 unspecified atom stereocenters. The van der Waals surface area contributed by atoms with Crippen molar-refractivity contribution in [3.63, 3.8) is 0 Å². The van der Waals surface area contributed by atoms with E-state index in [2.05, 4.69) is 23.9 Å². The highest BCUT2D eigenvalue weighted by Gasteiger charge is 2.23. The molecular formula is C14H20ClN3S. The van der Waals surface area contributed by atoms with E-state index in [0.717, 1.165) is 24.3 Å². The number of hydrogen-bond donors (Lipinski definition) is 1. The molecule has 1 atom stereocenters. The summed E-state index contributed by atoms with van der Waals surface area (Å²) in [6.07, 6.45) is 2.42. The van der Waals surface area contributed by atoms with Crippen molar-refractivity contribution in [1.29, 1.82) is 0 Å². The first-order valence-corrected chi connectivity index (χ1v) is 7.28. The maximum absolute atomic E-state index is 6.04. The molecule has 104 valence electrons. The number of nitrogens with zero attached hydrogens (tertiary/aromatic N) is 2. The second-order valence-electron chi connectivity index (χ2n) is 5.23. The molecule has 1 heterocycles. The minimum atomic E-state index is 0.407. The van der Waals surface area contributed by atoms with Crippen molar-refractivity contribution < 1.29 is 0 Å². The Hall–Kier alpha value is -0.840. The summed E-state index contributed by atoms with van der Waals surface area (Å²) < 4.78 is 0. The maximum Gasteiger partial charge on any atom is 0.106 e. The Morgan fingerprint density at radius 3 is 2.84 bits per heavy atom. The molecule has 1 aliphatic rings. The van der Waals surface area contributed by atoms with Crippen LogP contribution >= 0.6 is 23.8 Å². The smallest absolute Gasteiger partial charge is 0.106 e. The SMILES string of the molecule is CN(C)C1CCCN(c2ccc(Cl)cc2C(N)=S)C1. The number of rotatable bonds is 3. The molecule has 0 saturated carbocycles. The molecule has 1 saturated heterocycles. The Morgan fingerprint density at radius 1 is 1.47 bits per heavy atom. The van der Waals surface area contributed by atoms with Gasteiger partial charge in [-0.2, -0.15) is 0 Å². The summed E-state index contributed by atoms with van der Waals surface area (Å²) in [5, 5.41) is 0.674. The van der Waals surface area contributed by atoms with E-state index in [0.29, 0.717) is 16.1 Å². The van der Waals surface area contributed by atoms with Crippen LogP contribution in [-0.4, -0.2) is 43.1 Å². The Balaban J connectivity index is 2.28. The average molecular weight is 298 g/mol. The topological polar surface area (TPSA) is 32.5 Å². The number of thiocarbonyl (C=S) groups is 1. The largest absolute Gasteiger partial charge is 0.389 e. The summed E-state index contributed by atoms with van der Waals surface area (Å²) in [4.78, 5) is 5.05. The van der Waals surface area contributed by atoms with Crippen LogP contribution in [-0.2, 0) is 0 Å². The second kappa shape index (κ2) is 6.07. The zero-order valence-electron chi connectivity index (χ0n) is 11.4. The van der Waals surface area contributed by atoms with Crippen LogP contribution in [0.3, 0.4) is 0 Å². The molecule has 1 aromatic carbocycles. The molecule has 0 aliphatic carbocycles. The molecule has 1 aromatic rings. The Kier molecular flexibility index (Phi) is 4.66. The van der Waals surface area contributed by atoms with Crippen LogP contribution in [0.5, 0.6) is 0 Å². The minimum absolute atomic E-state index is 0.407. The van der Waals surface area contributed by atoms with Gasteiger partial charge in [-0.25, -0.2) is 0 Å². The molecule has 0 amide bonds. The van der Waals surface area contributed by atoms with E-state index in [1.54, 1.807) is 0 Å². The highest BCUT2D eigenvalue weighted by atomic mass is 35.5. The Morgan fingerprint density at radius 2 is 2.21 bits per heavy atom. The third kappa shape index (κ3) is 3.38. The van der Waals surface area contributed by atoms with Crippen LogP contribution in [0.15, 0.2) is 18.2 Å². The van der Waals surface area contributed by atoms with E-state index in [4.69, 9.17) is 29.6 Å². The van der Waals surface area contributed by atoms with Gasteiger partial charge in [0.1, 0.15) is 4.99 Å². The lowest BCUT2D eigenvalue weighted by atomic mass is 10.0.